The topological polar surface area (TPSA) is 70.1 Å². The molecule has 0 radical (unpaired) electrons. The first-order chi connectivity index (χ1) is 18.7. The number of amides is 2. The molecule has 6 heteroatoms. The van der Waals surface area contributed by atoms with Gasteiger partial charge in [0.05, 0.1) is 6.10 Å². The number of piperazine rings is 1. The van der Waals surface area contributed by atoms with E-state index in [2.05, 4.69) is 27.7 Å². The number of aliphatic hydroxyl groups excluding tert-OH is 1. The van der Waals surface area contributed by atoms with Crippen LogP contribution in [0.4, 0.5) is 4.79 Å². The Labute approximate surface area is 244 Å². The van der Waals surface area contributed by atoms with Crippen molar-refractivity contribution >= 4 is 12.0 Å². The Morgan fingerprint density at radius 2 is 1.68 bits per heavy atom. The summed E-state index contributed by atoms with van der Waals surface area (Å²) < 4.78 is 5.55. The fraction of sp³-hybridized carbons (Fsp3) is 0.941. The highest BCUT2D eigenvalue weighted by molar-refractivity contribution is 5.77. The van der Waals surface area contributed by atoms with Crippen LogP contribution in [0.3, 0.4) is 0 Å². The maximum Gasteiger partial charge on any atom is 0.410 e. The summed E-state index contributed by atoms with van der Waals surface area (Å²) in [5, 5.41) is 10.4. The molecule has 40 heavy (non-hydrogen) atoms. The second-order valence-corrected chi connectivity index (χ2v) is 16.2. The van der Waals surface area contributed by atoms with Crippen LogP contribution in [0.15, 0.2) is 0 Å². The third-order valence-electron chi connectivity index (χ3n) is 12.8. The molecule has 4 saturated carbocycles. The summed E-state index contributed by atoms with van der Waals surface area (Å²) in [6, 6.07) is 0.0186. The second-order valence-electron chi connectivity index (χ2n) is 16.2. The normalized spacial score (nSPS) is 42.5. The molecule has 5 rings (SSSR count). The summed E-state index contributed by atoms with van der Waals surface area (Å²) in [5.41, 5.74) is 0.340. The molecule has 0 bridgehead atoms. The fourth-order valence-electron chi connectivity index (χ4n) is 10.7. The van der Waals surface area contributed by atoms with E-state index in [-0.39, 0.29) is 24.1 Å². The van der Waals surface area contributed by atoms with Crippen LogP contribution in [0.5, 0.6) is 0 Å². The standard InChI is InChI=1S/C34H58N2O4/c1-22(8-13-30(38)36-19-18-35(21-23(36)2)31(39)40-32(3,4)5)27-11-12-28-26-10-9-24-20-25(37)14-16-33(24,6)29(26)15-17-34(27,28)7/h22-29,37H,8-21H2,1-7H3/t22-,23+,24+,25+,26+,27-,28+,29+,33+,34-/m1/s1. The zero-order valence-electron chi connectivity index (χ0n) is 26.6. The highest BCUT2D eigenvalue weighted by Gasteiger charge is 2.60. The zero-order valence-corrected chi connectivity index (χ0v) is 26.6. The Kier molecular flexibility index (Phi) is 8.36. The van der Waals surface area contributed by atoms with E-state index in [1.54, 1.807) is 4.90 Å². The van der Waals surface area contributed by atoms with E-state index < -0.39 is 5.60 Å². The molecule has 5 aliphatic rings. The van der Waals surface area contributed by atoms with Crippen molar-refractivity contribution in [3.05, 3.63) is 0 Å². The SMILES string of the molecule is C[C@H](CCC(=O)N1CCN(C(=O)OC(C)(C)C)C[C@@H]1C)[C@H]1CC[C@H]2[C@@H]3CC[C@H]4C[C@@H](O)CC[C@]4(C)[C@H]3CC[C@]12C. The average Bonchev–Trinajstić information content (AvgIpc) is 3.23. The molecule has 6 nitrogen and oxygen atoms in total. The van der Waals surface area contributed by atoms with Gasteiger partial charge < -0.3 is 19.6 Å². The number of aliphatic hydroxyl groups is 1. The lowest BCUT2D eigenvalue weighted by Gasteiger charge is -2.61. The molecule has 1 heterocycles. The summed E-state index contributed by atoms with van der Waals surface area (Å²) >= 11 is 0. The number of ether oxygens (including phenoxy) is 1. The molecule has 10 atom stereocenters. The lowest BCUT2D eigenvalue weighted by molar-refractivity contribution is -0.137. The third-order valence-corrected chi connectivity index (χ3v) is 12.8. The van der Waals surface area contributed by atoms with Crippen molar-refractivity contribution < 1.29 is 19.4 Å². The molecule has 5 fully saturated rings. The number of hydrogen-bond acceptors (Lipinski definition) is 4. The van der Waals surface area contributed by atoms with Crippen molar-refractivity contribution in [1.82, 2.24) is 9.80 Å². The van der Waals surface area contributed by atoms with Crippen LogP contribution >= 0.6 is 0 Å². The Morgan fingerprint density at radius 3 is 2.38 bits per heavy atom. The van der Waals surface area contributed by atoms with E-state index in [4.69, 9.17) is 4.74 Å². The van der Waals surface area contributed by atoms with Gasteiger partial charge in [0.25, 0.3) is 0 Å². The molecule has 0 spiro atoms. The van der Waals surface area contributed by atoms with Gasteiger partial charge in [0.2, 0.25) is 5.91 Å². The highest BCUT2D eigenvalue weighted by Crippen LogP contribution is 2.68. The van der Waals surface area contributed by atoms with Gasteiger partial charge in [0.15, 0.2) is 0 Å². The number of carbonyl (C=O) groups is 2. The number of rotatable bonds is 4. The van der Waals surface area contributed by atoms with Crippen LogP contribution < -0.4 is 0 Å². The van der Waals surface area contributed by atoms with Crippen molar-refractivity contribution in [1.29, 1.82) is 0 Å². The quantitative estimate of drug-likeness (QED) is 0.408. The summed E-state index contributed by atoms with van der Waals surface area (Å²) in [7, 11) is 0. The van der Waals surface area contributed by atoms with Crippen LogP contribution in [0.25, 0.3) is 0 Å². The van der Waals surface area contributed by atoms with Gasteiger partial charge in [-0.2, -0.15) is 0 Å². The molecule has 0 unspecified atom stereocenters. The number of carbonyl (C=O) groups excluding carboxylic acids is 2. The van der Waals surface area contributed by atoms with Crippen molar-refractivity contribution in [3.8, 4) is 0 Å². The minimum Gasteiger partial charge on any atom is -0.444 e. The van der Waals surface area contributed by atoms with Gasteiger partial charge in [0.1, 0.15) is 5.60 Å². The lowest BCUT2D eigenvalue weighted by atomic mass is 9.44. The van der Waals surface area contributed by atoms with Gasteiger partial charge in [-0.05, 0) is 138 Å². The monoisotopic (exact) mass is 558 g/mol. The number of nitrogens with zero attached hydrogens (tertiary/aromatic N) is 2. The smallest absolute Gasteiger partial charge is 0.410 e. The minimum atomic E-state index is -0.505. The second kappa shape index (κ2) is 11.1. The Hall–Kier alpha value is -1.30. The molecule has 0 aromatic rings. The van der Waals surface area contributed by atoms with Crippen LogP contribution in [-0.2, 0) is 9.53 Å². The summed E-state index contributed by atoms with van der Waals surface area (Å²) in [6.07, 6.45) is 12.6. The number of hydrogen-bond donors (Lipinski definition) is 1. The fourth-order valence-corrected chi connectivity index (χ4v) is 10.7. The van der Waals surface area contributed by atoms with E-state index in [1.165, 1.54) is 44.9 Å². The molecule has 4 aliphatic carbocycles. The third kappa shape index (κ3) is 5.56. The lowest BCUT2D eigenvalue weighted by Crippen LogP contribution is -2.56. The first-order valence-corrected chi connectivity index (χ1v) is 16.7. The van der Waals surface area contributed by atoms with Gasteiger partial charge in [0, 0.05) is 32.1 Å². The molecule has 0 aromatic heterocycles. The van der Waals surface area contributed by atoms with E-state index in [0.29, 0.717) is 48.7 Å². The predicted octanol–water partition coefficient (Wildman–Crippen LogP) is 6.89. The average molecular weight is 559 g/mol. The van der Waals surface area contributed by atoms with E-state index in [9.17, 15) is 14.7 Å². The first-order valence-electron chi connectivity index (χ1n) is 16.7. The Morgan fingerprint density at radius 1 is 0.975 bits per heavy atom. The van der Waals surface area contributed by atoms with E-state index >= 15 is 0 Å². The summed E-state index contributed by atoms with van der Waals surface area (Å²) in [5.74, 6) is 4.77. The molecule has 0 aromatic carbocycles. The van der Waals surface area contributed by atoms with Crippen molar-refractivity contribution in [2.75, 3.05) is 19.6 Å². The largest absolute Gasteiger partial charge is 0.444 e. The number of fused-ring (bicyclic) bond motifs is 5. The van der Waals surface area contributed by atoms with E-state index in [0.717, 1.165) is 42.9 Å². The van der Waals surface area contributed by atoms with Crippen molar-refractivity contribution in [2.45, 2.75) is 137 Å². The molecule has 1 N–H and O–H groups in total. The molecule has 1 aliphatic heterocycles. The van der Waals surface area contributed by atoms with Gasteiger partial charge in [-0.25, -0.2) is 4.79 Å². The highest BCUT2D eigenvalue weighted by atomic mass is 16.6. The maximum absolute atomic E-state index is 13.3. The van der Waals surface area contributed by atoms with Crippen LogP contribution in [0.1, 0.15) is 119 Å². The van der Waals surface area contributed by atoms with E-state index in [1.807, 2.05) is 25.7 Å². The molecule has 1 saturated heterocycles. The molecular weight excluding hydrogens is 500 g/mol. The van der Waals surface area contributed by atoms with Crippen LogP contribution in [0, 0.1) is 46.3 Å². The molecule has 2 amide bonds. The van der Waals surface area contributed by atoms with Crippen LogP contribution in [-0.4, -0.2) is 64.3 Å². The Balaban J connectivity index is 1.15. The van der Waals surface area contributed by atoms with Gasteiger partial charge >= 0.3 is 6.09 Å². The minimum absolute atomic E-state index is 0.0186. The Bertz CT molecular complexity index is 947. The molecule has 228 valence electrons. The van der Waals surface area contributed by atoms with Gasteiger partial charge in [-0.1, -0.05) is 20.8 Å². The van der Waals surface area contributed by atoms with Gasteiger partial charge in [-0.3, -0.25) is 4.79 Å². The molecular formula is C34H58N2O4. The maximum atomic E-state index is 13.3. The van der Waals surface area contributed by atoms with Crippen molar-refractivity contribution in [3.63, 3.8) is 0 Å². The van der Waals surface area contributed by atoms with Crippen molar-refractivity contribution in [2.24, 2.45) is 46.3 Å². The van der Waals surface area contributed by atoms with Crippen LogP contribution in [0.2, 0.25) is 0 Å². The zero-order chi connectivity index (χ0) is 29.0. The van der Waals surface area contributed by atoms with Gasteiger partial charge in [-0.15, -0.1) is 0 Å². The predicted molar refractivity (Wildman–Crippen MR) is 159 cm³/mol. The summed E-state index contributed by atoms with van der Waals surface area (Å²) in [4.78, 5) is 29.6. The summed E-state index contributed by atoms with van der Waals surface area (Å²) in [6.45, 7) is 17.0. The first kappa shape index (κ1) is 30.2.